The molecule has 2 saturated heterocycles. The van der Waals surface area contributed by atoms with Crippen LogP contribution >= 0.6 is 7.82 Å². The Labute approximate surface area is 420 Å². The minimum atomic E-state index is -5.16. The number of nitrogens with one attached hydrogen (secondary N) is 1. The molecular formula is C51H83N4O15P. The average Bonchev–Trinajstić information content (AvgIpc) is 3.84. The van der Waals surface area contributed by atoms with Gasteiger partial charge in [0.25, 0.3) is 5.91 Å². The molecule has 402 valence electrons. The third-order valence-corrected chi connectivity index (χ3v) is 14.7. The van der Waals surface area contributed by atoms with Crippen molar-refractivity contribution in [3.05, 3.63) is 71.0 Å². The van der Waals surface area contributed by atoms with Gasteiger partial charge in [-0.05, 0) is 71.9 Å². The largest absolute Gasteiger partial charge is 0.469 e. The van der Waals surface area contributed by atoms with Gasteiger partial charge in [0.2, 0.25) is 0 Å². The highest BCUT2D eigenvalue weighted by Gasteiger charge is 2.68. The second-order valence-corrected chi connectivity index (χ2v) is 21.6. The Bertz CT molecular complexity index is 2110. The SMILES string of the molecule is COCC(C(O)C(O)C(=O)NC(C)CC(C)c1nc(C=CCC2OC3(CC(O)C2C)OC(C(CC(O)C(C)C(O)C(C)C=C(C)C(C)=C/C=C/C(C)=C/C#N)OC)C(OP(=O)(O)O)C3(C)C)co1)N(C)C. The number of allylic oxidation sites excluding steroid dienone is 7. The van der Waals surface area contributed by atoms with Crippen molar-refractivity contribution in [3.8, 4) is 6.07 Å². The normalized spacial score (nSPS) is 27.8. The van der Waals surface area contributed by atoms with Gasteiger partial charge in [-0.3, -0.25) is 9.32 Å². The van der Waals surface area contributed by atoms with E-state index in [4.69, 9.17) is 33.2 Å². The summed E-state index contributed by atoms with van der Waals surface area (Å²) < 4.78 is 48.3. The number of nitriles is 1. The molecule has 2 fully saturated rings. The Morgan fingerprint density at radius 3 is 2.31 bits per heavy atom. The molecule has 1 aromatic rings. The maximum absolute atomic E-state index is 12.8. The first kappa shape index (κ1) is 61.9. The van der Waals surface area contributed by atoms with Gasteiger partial charge in [0, 0.05) is 68.3 Å². The smallest absolute Gasteiger partial charge is 0.448 e. The molecule has 20 heteroatoms. The number of hydrogen-bond donors (Lipinski definition) is 8. The molecule has 16 atom stereocenters. The minimum absolute atomic E-state index is 0.0661. The number of carbonyl (C=O) groups is 1. The van der Waals surface area contributed by atoms with Crippen molar-refractivity contribution in [1.29, 1.82) is 5.26 Å². The van der Waals surface area contributed by atoms with Crippen molar-refractivity contribution in [3.63, 3.8) is 0 Å². The molecular weight excluding hydrogens is 940 g/mol. The number of methoxy groups -OCH3 is 2. The lowest BCUT2D eigenvalue weighted by Gasteiger charge is -2.50. The number of amides is 1. The summed E-state index contributed by atoms with van der Waals surface area (Å²) in [6.45, 7) is 18.2. The molecule has 8 N–H and O–H groups in total. The van der Waals surface area contributed by atoms with Crippen LogP contribution < -0.4 is 5.32 Å². The maximum Gasteiger partial charge on any atom is 0.469 e. The van der Waals surface area contributed by atoms with Gasteiger partial charge < -0.3 is 68.9 Å². The van der Waals surface area contributed by atoms with E-state index >= 15 is 0 Å². The van der Waals surface area contributed by atoms with Gasteiger partial charge in [-0.25, -0.2) is 9.55 Å². The molecule has 0 aliphatic carbocycles. The van der Waals surface area contributed by atoms with Crippen LogP contribution in [0.25, 0.3) is 6.08 Å². The summed E-state index contributed by atoms with van der Waals surface area (Å²) in [6, 6.07) is 0.980. The number of rotatable bonds is 26. The number of aliphatic hydroxyl groups is 5. The van der Waals surface area contributed by atoms with E-state index in [-0.39, 0.29) is 37.7 Å². The molecule has 0 saturated carbocycles. The molecule has 2 aliphatic heterocycles. The van der Waals surface area contributed by atoms with E-state index in [2.05, 4.69) is 10.3 Å². The van der Waals surface area contributed by atoms with Crippen molar-refractivity contribution < 1.29 is 72.6 Å². The van der Waals surface area contributed by atoms with Gasteiger partial charge in [-0.15, -0.1) is 0 Å². The standard InChI is InChI=1S/C51H83N4O15P/c1-29(21-22-52)17-15-18-30(2)31(3)23-32(4)43(58)36(8)39(56)25-42(66-14)46-47(70-71(62,63)64)50(9,10)51(69-46)26-40(57)35(7)41(68-51)20-16-19-37-27-67-49(54-37)33(5)24-34(6)53-48(61)45(60)44(59)38(28-65-13)55(11)12/h15-19,21,23,27,32-36,38-47,56-60H,20,24-26,28H2,1-14H3,(H,53,61)(H2,62,63,64)/b17-15+,19-16?,29-21+,30-18?,31-23?. The Hall–Kier alpha value is -3.42. The summed E-state index contributed by atoms with van der Waals surface area (Å²) >= 11 is 0. The van der Waals surface area contributed by atoms with Gasteiger partial charge in [0.1, 0.15) is 30.3 Å². The Morgan fingerprint density at radius 1 is 1.06 bits per heavy atom. The molecule has 1 aromatic heterocycles. The molecule has 2 aliphatic rings. The molecule has 3 heterocycles. The summed E-state index contributed by atoms with van der Waals surface area (Å²) in [7, 11) is 1.13. The van der Waals surface area contributed by atoms with Crippen LogP contribution in [-0.4, -0.2) is 159 Å². The van der Waals surface area contributed by atoms with Crippen molar-refractivity contribution in [2.75, 3.05) is 34.9 Å². The summed E-state index contributed by atoms with van der Waals surface area (Å²) in [4.78, 5) is 39.5. The number of phosphoric acid groups is 1. The zero-order valence-electron chi connectivity index (χ0n) is 44.0. The molecule has 19 nitrogen and oxygen atoms in total. The number of phosphoric ester groups is 1. The molecule has 71 heavy (non-hydrogen) atoms. The number of nitrogens with zero attached hydrogens (tertiary/aromatic N) is 3. The number of ether oxygens (including phenoxy) is 4. The Kier molecular flexibility index (Phi) is 23.7. The number of likely N-dealkylation sites (N-methyl/N-ethyl adjacent to an activating group) is 1. The Balaban J connectivity index is 1.76. The quantitative estimate of drug-likeness (QED) is 0.0341. The van der Waals surface area contributed by atoms with Crippen LogP contribution in [0.1, 0.15) is 112 Å². The van der Waals surface area contributed by atoms with E-state index in [0.29, 0.717) is 18.0 Å². The molecule has 3 rings (SSSR count). The van der Waals surface area contributed by atoms with E-state index in [1.54, 1.807) is 52.8 Å². The third kappa shape index (κ3) is 16.8. The molecule has 1 spiro atoms. The van der Waals surface area contributed by atoms with Crippen molar-refractivity contribution in [2.24, 2.45) is 23.2 Å². The first-order chi connectivity index (χ1) is 33.0. The van der Waals surface area contributed by atoms with Gasteiger partial charge in [0.05, 0.1) is 49.2 Å². The molecule has 0 radical (unpaired) electrons. The fraction of sp³-hybridized carbons (Fsp3) is 0.706. The maximum atomic E-state index is 12.8. The zero-order chi connectivity index (χ0) is 53.8. The van der Waals surface area contributed by atoms with Crippen LogP contribution in [0.15, 0.2) is 63.9 Å². The topological polar surface area (TPSA) is 287 Å². The summed E-state index contributed by atoms with van der Waals surface area (Å²) in [5, 5.41) is 67.4. The number of aliphatic hydroxyl groups excluding tert-OH is 5. The van der Waals surface area contributed by atoms with E-state index in [1.165, 1.54) is 26.6 Å². The molecule has 0 aromatic carbocycles. The number of aromatic nitrogens is 1. The van der Waals surface area contributed by atoms with Crippen LogP contribution in [0.2, 0.25) is 0 Å². The van der Waals surface area contributed by atoms with Crippen LogP contribution in [0.4, 0.5) is 0 Å². The van der Waals surface area contributed by atoms with Gasteiger partial charge in [0.15, 0.2) is 17.8 Å². The van der Waals surface area contributed by atoms with Gasteiger partial charge in [-0.1, -0.05) is 77.5 Å². The monoisotopic (exact) mass is 1020 g/mol. The first-order valence-corrected chi connectivity index (χ1v) is 25.8. The van der Waals surface area contributed by atoms with Crippen LogP contribution in [0, 0.1) is 34.5 Å². The lowest BCUT2D eigenvalue weighted by atomic mass is 9.72. The minimum Gasteiger partial charge on any atom is -0.448 e. The molecule has 1 amide bonds. The second kappa shape index (κ2) is 27.2. The number of oxazole rings is 1. The predicted molar refractivity (Wildman–Crippen MR) is 267 cm³/mol. The van der Waals surface area contributed by atoms with E-state index < -0.39 is 104 Å². The van der Waals surface area contributed by atoms with Crippen LogP contribution in [0.3, 0.4) is 0 Å². The van der Waals surface area contributed by atoms with Crippen molar-refractivity contribution >= 4 is 19.8 Å². The number of hydrogen-bond acceptors (Lipinski definition) is 16. The van der Waals surface area contributed by atoms with Crippen LogP contribution in [0.5, 0.6) is 0 Å². The zero-order valence-corrected chi connectivity index (χ0v) is 44.9. The molecule has 16 unspecified atom stereocenters. The lowest BCUT2D eigenvalue weighted by molar-refractivity contribution is -0.334. The summed E-state index contributed by atoms with van der Waals surface area (Å²) in [6.07, 6.45) is 4.05. The predicted octanol–water partition coefficient (Wildman–Crippen LogP) is 5.08. The summed E-state index contributed by atoms with van der Waals surface area (Å²) in [5.41, 5.74) is 1.87. The molecule has 0 bridgehead atoms. The highest BCUT2D eigenvalue weighted by Crippen LogP contribution is 2.59. The lowest BCUT2D eigenvalue weighted by Crippen LogP contribution is -2.58. The van der Waals surface area contributed by atoms with Crippen molar-refractivity contribution in [1.82, 2.24) is 15.2 Å². The first-order valence-electron chi connectivity index (χ1n) is 24.2. The fourth-order valence-electron chi connectivity index (χ4n) is 9.34. The van der Waals surface area contributed by atoms with E-state index in [9.17, 15) is 44.7 Å². The highest BCUT2D eigenvalue weighted by molar-refractivity contribution is 7.46. The number of carbonyl (C=O) groups excluding carboxylic acids is 1. The van der Waals surface area contributed by atoms with E-state index in [0.717, 1.165) is 16.7 Å². The Morgan fingerprint density at radius 2 is 1.72 bits per heavy atom. The van der Waals surface area contributed by atoms with Crippen molar-refractivity contribution in [2.45, 2.75) is 174 Å². The van der Waals surface area contributed by atoms with E-state index in [1.807, 2.05) is 78.0 Å². The fourth-order valence-corrected chi connectivity index (χ4v) is 10.0. The average molecular weight is 1020 g/mol. The second-order valence-electron chi connectivity index (χ2n) is 20.4. The van der Waals surface area contributed by atoms with Gasteiger partial charge in [-0.2, -0.15) is 5.26 Å². The third-order valence-electron chi connectivity index (χ3n) is 14.2. The van der Waals surface area contributed by atoms with Crippen LogP contribution in [-0.2, 0) is 32.8 Å². The van der Waals surface area contributed by atoms with Gasteiger partial charge >= 0.3 is 7.82 Å². The summed E-state index contributed by atoms with van der Waals surface area (Å²) in [5.74, 6) is -3.67. The highest BCUT2D eigenvalue weighted by atomic mass is 31.2.